The number of carbonyl (C=O) groups excluding carboxylic acids is 1. The molecule has 1 amide bonds. The number of alkyl halides is 3. The molecule has 1 N–H and O–H groups in total. The number of benzene rings is 2. The largest absolute Gasteiger partial charge is 0.493 e. The predicted molar refractivity (Wildman–Crippen MR) is 107 cm³/mol. The van der Waals surface area contributed by atoms with E-state index in [1.54, 1.807) is 0 Å². The molecule has 1 saturated heterocycles. The van der Waals surface area contributed by atoms with Gasteiger partial charge in [0.1, 0.15) is 5.75 Å². The maximum Gasteiger partial charge on any atom is 0.416 e. The van der Waals surface area contributed by atoms with Gasteiger partial charge >= 0.3 is 6.18 Å². The lowest BCUT2D eigenvalue weighted by Gasteiger charge is -2.31. The Morgan fingerprint density at radius 1 is 1.07 bits per heavy atom. The molecule has 2 aromatic rings. The monoisotopic (exact) mass is 406 g/mol. The Morgan fingerprint density at radius 3 is 2.41 bits per heavy atom. The van der Waals surface area contributed by atoms with Gasteiger partial charge in [0.25, 0.3) is 0 Å². The van der Waals surface area contributed by atoms with Crippen molar-refractivity contribution < 1.29 is 22.7 Å². The zero-order chi connectivity index (χ0) is 20.9. The Bertz CT molecular complexity index is 829. The lowest BCUT2D eigenvalue weighted by Crippen LogP contribution is -2.30. The quantitative estimate of drug-likeness (QED) is 0.697. The second kappa shape index (κ2) is 9.20. The van der Waals surface area contributed by atoms with E-state index in [-0.39, 0.29) is 24.6 Å². The van der Waals surface area contributed by atoms with Crippen molar-refractivity contribution in [2.45, 2.75) is 38.8 Å². The first kappa shape index (κ1) is 21.0. The molecule has 0 aromatic heterocycles. The van der Waals surface area contributed by atoms with Crippen LogP contribution in [0.1, 0.15) is 36.8 Å². The van der Waals surface area contributed by atoms with Crippen molar-refractivity contribution in [3.63, 3.8) is 0 Å². The van der Waals surface area contributed by atoms with Crippen LogP contribution in [0.5, 0.6) is 5.75 Å². The zero-order valence-corrected chi connectivity index (χ0v) is 16.4. The highest BCUT2D eigenvalue weighted by molar-refractivity contribution is 5.94. The Labute approximate surface area is 168 Å². The highest BCUT2D eigenvalue weighted by Crippen LogP contribution is 2.36. The first-order valence-electron chi connectivity index (χ1n) is 9.78. The number of nitrogens with one attached hydrogen (secondary N) is 1. The van der Waals surface area contributed by atoms with Crippen LogP contribution in [0, 0.1) is 6.92 Å². The van der Waals surface area contributed by atoms with Crippen LogP contribution in [0.3, 0.4) is 0 Å². The third-order valence-corrected chi connectivity index (χ3v) is 4.91. The van der Waals surface area contributed by atoms with Gasteiger partial charge in [0.2, 0.25) is 5.91 Å². The smallest absolute Gasteiger partial charge is 0.416 e. The highest BCUT2D eigenvalue weighted by Gasteiger charge is 2.31. The van der Waals surface area contributed by atoms with Gasteiger partial charge < -0.3 is 15.0 Å². The van der Waals surface area contributed by atoms with Crippen LogP contribution in [-0.2, 0) is 11.0 Å². The molecule has 0 unspecified atom stereocenters. The number of carbonyl (C=O) groups is 1. The van der Waals surface area contributed by atoms with Crippen LogP contribution < -0.4 is 15.0 Å². The van der Waals surface area contributed by atoms with Crippen molar-refractivity contribution in [2.24, 2.45) is 0 Å². The second-order valence-corrected chi connectivity index (χ2v) is 7.24. The molecular weight excluding hydrogens is 381 g/mol. The lowest BCUT2D eigenvalue weighted by molar-refractivity contribution is -0.137. The minimum Gasteiger partial charge on any atom is -0.493 e. The molecule has 0 bridgehead atoms. The number of hydrogen-bond acceptors (Lipinski definition) is 3. The van der Waals surface area contributed by atoms with Crippen molar-refractivity contribution in [1.82, 2.24) is 0 Å². The zero-order valence-electron chi connectivity index (χ0n) is 16.4. The standard InChI is InChI=1S/C22H25F3N2O2/c1-16-5-8-18(9-6-16)29-14-11-21(28)26-19-15-17(22(23,24)25)7-10-20(19)27-12-3-2-4-13-27/h5-10,15H,2-4,11-14H2,1H3,(H,26,28). The molecule has 0 atom stereocenters. The molecule has 0 aliphatic carbocycles. The summed E-state index contributed by atoms with van der Waals surface area (Å²) in [6, 6.07) is 11.0. The van der Waals surface area contributed by atoms with Gasteiger partial charge in [-0.1, -0.05) is 17.7 Å². The summed E-state index contributed by atoms with van der Waals surface area (Å²) in [5, 5.41) is 2.66. The summed E-state index contributed by atoms with van der Waals surface area (Å²) in [6.45, 7) is 3.65. The first-order chi connectivity index (χ1) is 13.8. The molecule has 3 rings (SSSR count). The third kappa shape index (κ3) is 5.89. The van der Waals surface area contributed by atoms with Gasteiger partial charge in [-0.05, 0) is 56.5 Å². The molecule has 0 radical (unpaired) electrons. The molecule has 156 valence electrons. The topological polar surface area (TPSA) is 41.6 Å². The molecule has 2 aromatic carbocycles. The van der Waals surface area contributed by atoms with Crippen LogP contribution in [0.15, 0.2) is 42.5 Å². The van der Waals surface area contributed by atoms with Crippen LogP contribution in [-0.4, -0.2) is 25.6 Å². The Balaban J connectivity index is 1.67. The summed E-state index contributed by atoms with van der Waals surface area (Å²) in [5.74, 6) is 0.270. The van der Waals surface area contributed by atoms with E-state index >= 15 is 0 Å². The van der Waals surface area contributed by atoms with E-state index in [9.17, 15) is 18.0 Å². The minimum absolute atomic E-state index is 0.0452. The summed E-state index contributed by atoms with van der Waals surface area (Å²) in [7, 11) is 0. The number of piperidine rings is 1. The summed E-state index contributed by atoms with van der Waals surface area (Å²) in [5.41, 5.74) is 1.15. The number of amides is 1. The maximum absolute atomic E-state index is 13.2. The third-order valence-electron chi connectivity index (χ3n) is 4.91. The normalized spacial score (nSPS) is 14.6. The predicted octanol–water partition coefficient (Wildman–Crippen LogP) is 5.41. The molecule has 4 nitrogen and oxygen atoms in total. The number of rotatable bonds is 6. The molecule has 0 spiro atoms. The summed E-state index contributed by atoms with van der Waals surface area (Å²) in [4.78, 5) is 14.4. The number of hydrogen-bond donors (Lipinski definition) is 1. The Kier molecular flexibility index (Phi) is 6.67. The van der Waals surface area contributed by atoms with Crippen molar-refractivity contribution in [3.05, 3.63) is 53.6 Å². The van der Waals surface area contributed by atoms with E-state index in [1.165, 1.54) is 6.07 Å². The van der Waals surface area contributed by atoms with Gasteiger partial charge in [0, 0.05) is 13.1 Å². The Morgan fingerprint density at radius 2 is 1.76 bits per heavy atom. The number of nitrogens with zero attached hydrogens (tertiary/aromatic N) is 1. The number of anilines is 2. The van der Waals surface area contributed by atoms with Crippen LogP contribution in [0.2, 0.25) is 0 Å². The fraction of sp³-hybridized carbons (Fsp3) is 0.409. The molecule has 7 heteroatoms. The first-order valence-corrected chi connectivity index (χ1v) is 9.78. The molecule has 1 fully saturated rings. The van der Waals surface area contributed by atoms with E-state index in [4.69, 9.17) is 4.74 Å². The second-order valence-electron chi connectivity index (χ2n) is 7.24. The summed E-state index contributed by atoms with van der Waals surface area (Å²) >= 11 is 0. The van der Waals surface area contributed by atoms with Gasteiger partial charge in [-0.25, -0.2) is 0 Å². The highest BCUT2D eigenvalue weighted by atomic mass is 19.4. The van der Waals surface area contributed by atoms with E-state index in [2.05, 4.69) is 5.32 Å². The average molecular weight is 406 g/mol. The minimum atomic E-state index is -4.46. The number of aryl methyl sites for hydroxylation is 1. The van der Waals surface area contributed by atoms with Gasteiger partial charge in [-0.3, -0.25) is 4.79 Å². The van der Waals surface area contributed by atoms with Crippen molar-refractivity contribution in [2.75, 3.05) is 29.9 Å². The van der Waals surface area contributed by atoms with Gasteiger partial charge in [-0.15, -0.1) is 0 Å². The fourth-order valence-corrected chi connectivity index (χ4v) is 3.33. The average Bonchev–Trinajstić information content (AvgIpc) is 2.69. The van der Waals surface area contributed by atoms with E-state index < -0.39 is 11.7 Å². The van der Waals surface area contributed by atoms with Crippen molar-refractivity contribution in [3.8, 4) is 5.75 Å². The van der Waals surface area contributed by atoms with E-state index in [0.717, 1.165) is 50.0 Å². The van der Waals surface area contributed by atoms with Crippen LogP contribution in [0.25, 0.3) is 0 Å². The van der Waals surface area contributed by atoms with Crippen LogP contribution >= 0.6 is 0 Å². The van der Waals surface area contributed by atoms with Crippen molar-refractivity contribution >= 4 is 17.3 Å². The van der Waals surface area contributed by atoms with Gasteiger partial charge in [0.05, 0.1) is 30.0 Å². The molecule has 29 heavy (non-hydrogen) atoms. The number of ether oxygens (including phenoxy) is 1. The van der Waals surface area contributed by atoms with E-state index in [0.29, 0.717) is 11.4 Å². The van der Waals surface area contributed by atoms with Gasteiger partial charge in [-0.2, -0.15) is 13.2 Å². The van der Waals surface area contributed by atoms with Gasteiger partial charge in [0.15, 0.2) is 0 Å². The SMILES string of the molecule is Cc1ccc(OCCC(=O)Nc2cc(C(F)(F)F)ccc2N2CCCCC2)cc1. The lowest BCUT2D eigenvalue weighted by atomic mass is 10.1. The Hall–Kier alpha value is -2.70. The number of halogens is 3. The molecule has 1 heterocycles. The summed E-state index contributed by atoms with van der Waals surface area (Å²) < 4.78 is 45.0. The van der Waals surface area contributed by atoms with E-state index in [1.807, 2.05) is 36.1 Å². The molecule has 1 aliphatic rings. The molecule has 0 saturated carbocycles. The summed E-state index contributed by atoms with van der Waals surface area (Å²) in [6.07, 6.45) is -1.34. The van der Waals surface area contributed by atoms with Crippen LogP contribution in [0.4, 0.5) is 24.5 Å². The maximum atomic E-state index is 13.2. The fourth-order valence-electron chi connectivity index (χ4n) is 3.33. The molecular formula is C22H25F3N2O2. The molecule has 1 aliphatic heterocycles. The van der Waals surface area contributed by atoms with Crippen molar-refractivity contribution in [1.29, 1.82) is 0 Å².